The van der Waals surface area contributed by atoms with Crippen LogP contribution in [0.4, 0.5) is 0 Å². The summed E-state index contributed by atoms with van der Waals surface area (Å²) in [4.78, 5) is 13.1. The Labute approximate surface area is 195 Å². The first kappa shape index (κ1) is 23.3. The highest BCUT2D eigenvalue weighted by molar-refractivity contribution is 7.89. The third kappa shape index (κ3) is 4.61. The van der Waals surface area contributed by atoms with Crippen molar-refractivity contribution >= 4 is 26.7 Å². The summed E-state index contributed by atoms with van der Waals surface area (Å²) in [7, 11) is -2.38. The Bertz CT molecular complexity index is 1270. The Morgan fingerprint density at radius 3 is 2.42 bits per heavy atom. The number of hydrogen-bond donors (Lipinski definition) is 1. The number of carbonyl (C=O) groups is 1. The first-order valence-corrected chi connectivity index (χ1v) is 12.7. The number of para-hydroxylation sites is 1. The first-order valence-electron chi connectivity index (χ1n) is 11.3. The van der Waals surface area contributed by atoms with Crippen molar-refractivity contribution in [3.63, 3.8) is 0 Å². The summed E-state index contributed by atoms with van der Waals surface area (Å²) in [5.74, 6) is 0.430. The van der Waals surface area contributed by atoms with Crippen molar-refractivity contribution in [3.8, 4) is 5.75 Å². The van der Waals surface area contributed by atoms with E-state index >= 15 is 0 Å². The molecule has 1 amide bonds. The van der Waals surface area contributed by atoms with Gasteiger partial charge in [-0.3, -0.25) is 4.79 Å². The molecule has 1 atom stereocenters. The van der Waals surface area contributed by atoms with Gasteiger partial charge in [0, 0.05) is 19.0 Å². The predicted octanol–water partition coefficient (Wildman–Crippen LogP) is 4.66. The Morgan fingerprint density at radius 2 is 1.70 bits per heavy atom. The van der Waals surface area contributed by atoms with Crippen LogP contribution in [0.3, 0.4) is 0 Å². The van der Waals surface area contributed by atoms with E-state index in [4.69, 9.17) is 4.74 Å². The number of nitrogens with one attached hydrogen (secondary N) is 1. The summed E-state index contributed by atoms with van der Waals surface area (Å²) < 4.78 is 33.6. The molecule has 6 nitrogen and oxygen atoms in total. The third-order valence-electron chi connectivity index (χ3n) is 6.62. The fourth-order valence-electron chi connectivity index (χ4n) is 4.47. The highest BCUT2D eigenvalue weighted by Gasteiger charge is 2.39. The zero-order valence-corrected chi connectivity index (χ0v) is 20.1. The lowest BCUT2D eigenvalue weighted by molar-refractivity contribution is -0.122. The van der Waals surface area contributed by atoms with Crippen LogP contribution in [0.5, 0.6) is 5.75 Å². The van der Waals surface area contributed by atoms with Crippen LogP contribution in [0.1, 0.15) is 44.7 Å². The van der Waals surface area contributed by atoms with Gasteiger partial charge >= 0.3 is 0 Å². The predicted molar refractivity (Wildman–Crippen MR) is 130 cm³/mol. The summed E-state index contributed by atoms with van der Waals surface area (Å²) >= 11 is 0. The topological polar surface area (TPSA) is 75.7 Å². The molecule has 7 heteroatoms. The summed E-state index contributed by atoms with van der Waals surface area (Å²) in [5, 5.41) is 4.86. The molecular formula is C26H30N2O4S. The van der Waals surface area contributed by atoms with Crippen molar-refractivity contribution in [2.45, 2.75) is 49.6 Å². The minimum atomic E-state index is -3.81. The molecule has 3 aromatic rings. The van der Waals surface area contributed by atoms with Crippen LogP contribution in [-0.4, -0.2) is 37.8 Å². The Balaban J connectivity index is 1.51. The Kier molecular flexibility index (Phi) is 6.45. The number of likely N-dealkylation sites (N-methyl/N-ethyl adjacent to an activating group) is 1. The van der Waals surface area contributed by atoms with Crippen molar-refractivity contribution in [1.82, 2.24) is 9.62 Å². The Hall–Kier alpha value is -2.90. The van der Waals surface area contributed by atoms with Crippen molar-refractivity contribution in [3.05, 3.63) is 72.3 Å². The molecule has 4 rings (SSSR count). The van der Waals surface area contributed by atoms with Gasteiger partial charge in [0.05, 0.1) is 17.5 Å². The van der Waals surface area contributed by atoms with Gasteiger partial charge in [-0.1, -0.05) is 62.4 Å². The van der Waals surface area contributed by atoms with E-state index < -0.39 is 10.0 Å². The van der Waals surface area contributed by atoms with Crippen molar-refractivity contribution in [2.24, 2.45) is 0 Å². The fraction of sp³-hybridized carbons (Fsp3) is 0.346. The molecule has 174 valence electrons. The molecule has 1 aliphatic rings. The second kappa shape index (κ2) is 9.15. The molecule has 0 saturated heterocycles. The molecule has 33 heavy (non-hydrogen) atoms. The van der Waals surface area contributed by atoms with Crippen LogP contribution in [0.25, 0.3) is 10.8 Å². The summed E-state index contributed by atoms with van der Waals surface area (Å²) in [5.41, 5.74) is 0.568. The van der Waals surface area contributed by atoms with Crippen LogP contribution in [0, 0.1) is 0 Å². The van der Waals surface area contributed by atoms with Crippen LogP contribution < -0.4 is 10.1 Å². The van der Waals surface area contributed by atoms with E-state index in [2.05, 4.69) is 19.2 Å². The highest BCUT2D eigenvalue weighted by atomic mass is 32.2. The lowest BCUT2D eigenvalue weighted by Crippen LogP contribution is -2.46. The van der Waals surface area contributed by atoms with E-state index in [0.29, 0.717) is 6.42 Å². The molecule has 0 unspecified atom stereocenters. The highest BCUT2D eigenvalue weighted by Crippen LogP contribution is 2.42. The maximum atomic E-state index is 13.1. The van der Waals surface area contributed by atoms with Gasteiger partial charge in [0.15, 0.2) is 0 Å². The maximum Gasteiger partial charge on any atom is 0.243 e. The van der Waals surface area contributed by atoms with E-state index in [1.807, 2.05) is 48.5 Å². The van der Waals surface area contributed by atoms with Gasteiger partial charge < -0.3 is 10.1 Å². The van der Waals surface area contributed by atoms with Crippen LogP contribution in [0.2, 0.25) is 0 Å². The van der Waals surface area contributed by atoms with Crippen LogP contribution in [-0.2, 0) is 14.8 Å². The zero-order chi connectivity index (χ0) is 23.6. The second-order valence-electron chi connectivity index (χ2n) is 8.62. The van der Waals surface area contributed by atoms with Gasteiger partial charge in [0.1, 0.15) is 11.4 Å². The molecule has 0 bridgehead atoms. The van der Waals surface area contributed by atoms with E-state index in [0.717, 1.165) is 39.2 Å². The van der Waals surface area contributed by atoms with Crippen molar-refractivity contribution in [1.29, 1.82) is 0 Å². The quantitative estimate of drug-likeness (QED) is 0.550. The molecule has 3 aromatic carbocycles. The molecule has 1 heterocycles. The SMILES string of the molecule is CCC1(CC)C[C@@H](NC(=O)CN(C)S(=O)(=O)c2ccc3ccccc3c2)c2ccccc2O1. The lowest BCUT2D eigenvalue weighted by Gasteiger charge is -2.41. The molecule has 1 N–H and O–H groups in total. The van der Waals surface area contributed by atoms with Gasteiger partial charge in [-0.2, -0.15) is 4.31 Å². The van der Waals surface area contributed by atoms with Gasteiger partial charge in [0.25, 0.3) is 0 Å². The summed E-state index contributed by atoms with van der Waals surface area (Å²) in [6, 6.07) is 20.1. The van der Waals surface area contributed by atoms with Crippen LogP contribution in [0.15, 0.2) is 71.6 Å². The van der Waals surface area contributed by atoms with Gasteiger partial charge in [0.2, 0.25) is 15.9 Å². The standard InChI is InChI=1S/C26H30N2O4S/c1-4-26(5-2)17-23(22-12-8-9-13-24(22)32-26)27-25(29)18-28(3)33(30,31)21-15-14-19-10-6-7-11-20(19)16-21/h6-16,23H,4-5,17-18H2,1-3H3,(H,27,29)/t23-/m1/s1. The number of hydrogen-bond acceptors (Lipinski definition) is 4. The number of nitrogens with zero attached hydrogens (tertiary/aromatic N) is 1. The minimum Gasteiger partial charge on any atom is -0.487 e. The fourth-order valence-corrected chi connectivity index (χ4v) is 5.63. The van der Waals surface area contributed by atoms with E-state index in [1.165, 1.54) is 7.05 Å². The monoisotopic (exact) mass is 466 g/mol. The number of carbonyl (C=O) groups excluding carboxylic acids is 1. The molecular weight excluding hydrogens is 436 g/mol. The minimum absolute atomic E-state index is 0.170. The number of rotatable bonds is 7. The van der Waals surface area contributed by atoms with Gasteiger partial charge in [-0.15, -0.1) is 0 Å². The summed E-state index contributed by atoms with van der Waals surface area (Å²) in [6.45, 7) is 3.90. The number of sulfonamides is 1. The van der Waals surface area contributed by atoms with E-state index in [-0.39, 0.29) is 29.0 Å². The van der Waals surface area contributed by atoms with Gasteiger partial charge in [-0.05, 0) is 41.8 Å². The number of amides is 1. The number of ether oxygens (including phenoxy) is 1. The third-order valence-corrected chi connectivity index (χ3v) is 8.42. The molecule has 0 fully saturated rings. The van der Waals surface area contributed by atoms with Crippen molar-refractivity contribution < 1.29 is 17.9 Å². The number of fused-ring (bicyclic) bond motifs is 2. The molecule has 0 spiro atoms. The average molecular weight is 467 g/mol. The van der Waals surface area contributed by atoms with E-state index in [1.54, 1.807) is 18.2 Å². The smallest absolute Gasteiger partial charge is 0.243 e. The molecule has 0 saturated carbocycles. The molecule has 0 aromatic heterocycles. The zero-order valence-electron chi connectivity index (χ0n) is 19.2. The average Bonchev–Trinajstić information content (AvgIpc) is 2.83. The maximum absolute atomic E-state index is 13.1. The lowest BCUT2D eigenvalue weighted by atomic mass is 9.83. The largest absolute Gasteiger partial charge is 0.487 e. The second-order valence-corrected chi connectivity index (χ2v) is 10.7. The van der Waals surface area contributed by atoms with Gasteiger partial charge in [-0.25, -0.2) is 8.42 Å². The molecule has 0 radical (unpaired) electrons. The first-order chi connectivity index (χ1) is 15.8. The normalized spacial score (nSPS) is 17.4. The number of benzene rings is 3. The summed E-state index contributed by atoms with van der Waals surface area (Å²) in [6.07, 6.45) is 2.28. The van der Waals surface area contributed by atoms with Crippen LogP contribution >= 0.6 is 0 Å². The van der Waals surface area contributed by atoms with Crippen molar-refractivity contribution in [2.75, 3.05) is 13.6 Å². The Morgan fingerprint density at radius 1 is 1.03 bits per heavy atom. The molecule has 0 aliphatic carbocycles. The van der Waals surface area contributed by atoms with E-state index in [9.17, 15) is 13.2 Å². The molecule has 1 aliphatic heterocycles.